The fourth-order valence-corrected chi connectivity index (χ4v) is 6.83. The molecule has 5 aromatic carbocycles. The number of carboxylic acid groups (broad SMARTS) is 1. The number of phenols is 1. The Balaban J connectivity index is 1.27. The Morgan fingerprint density at radius 1 is 0.608 bits per heavy atom. The lowest BCUT2D eigenvalue weighted by Crippen LogP contribution is -2.08. The van der Waals surface area contributed by atoms with E-state index in [0.717, 1.165) is 55.6 Å². The van der Waals surface area contributed by atoms with Crippen LogP contribution in [0.1, 0.15) is 10.4 Å². The summed E-state index contributed by atoms with van der Waals surface area (Å²) >= 11 is 0. The van der Waals surface area contributed by atoms with Gasteiger partial charge in [-0.3, -0.25) is 4.79 Å². The Kier molecular flexibility index (Phi) is 7.45. The van der Waals surface area contributed by atoms with Crippen LogP contribution in [0.15, 0.2) is 129 Å². The number of phenolic OH excluding ortho intramolecular Hbond substituents is 1. The van der Waals surface area contributed by atoms with Crippen molar-refractivity contribution in [2.75, 3.05) is 38.0 Å². The molecule has 0 atom stereocenters. The van der Waals surface area contributed by atoms with Gasteiger partial charge in [0.1, 0.15) is 17.1 Å². The number of hydrogen-bond acceptors (Lipinski definition) is 6. The standard InChI is InChI=1S/C43H32N2O6/c1-44(2)27-10-15-32-37(20-27)50-38-21-28(45(3)4)11-16-33(38)41(32)25-7-5-24(6-8-25)26-9-14-31(36(19-26)43(48)49)42-34-17-12-29(46)22-39(34)51-40-23-30(47)13-18-35(40)42/h5-23H,1-4H3,(H-,46,47,48,49)/p+1. The Labute approximate surface area is 293 Å². The molecule has 8 heteroatoms. The van der Waals surface area contributed by atoms with Crippen LogP contribution in [0.25, 0.3) is 77.6 Å². The second kappa shape index (κ2) is 12.0. The fraction of sp³-hybridized carbons (Fsp3) is 0.0930. The quantitative estimate of drug-likeness (QED) is 0.133. The van der Waals surface area contributed by atoms with Crippen LogP contribution in [0.5, 0.6) is 5.75 Å². The first kappa shape index (κ1) is 31.6. The monoisotopic (exact) mass is 673 g/mol. The van der Waals surface area contributed by atoms with E-state index in [0.29, 0.717) is 33.4 Å². The number of rotatable bonds is 6. The minimum absolute atomic E-state index is 0.00500. The lowest BCUT2D eigenvalue weighted by atomic mass is 9.88. The van der Waals surface area contributed by atoms with Gasteiger partial charge in [0.15, 0.2) is 5.43 Å². The number of nitrogens with zero attached hydrogens (tertiary/aromatic N) is 2. The maximum absolute atomic E-state index is 12.9. The molecule has 250 valence electrons. The SMILES string of the molecule is CN(C)c1ccc2c(-c3ccc(-c4ccc(-c5c6ccc(=O)cc-6oc6cc(O)ccc56)c(C(=O)O)c4)cc3)c3ccc(N(C)C)cc3[o+]c2c1. The predicted octanol–water partition coefficient (Wildman–Crippen LogP) is 9.62. The zero-order valence-corrected chi connectivity index (χ0v) is 28.4. The highest BCUT2D eigenvalue weighted by atomic mass is 16.4. The molecule has 2 aliphatic rings. The number of aromatic carboxylic acids is 1. The summed E-state index contributed by atoms with van der Waals surface area (Å²) in [7, 11) is 8.01. The van der Waals surface area contributed by atoms with Gasteiger partial charge in [-0.15, -0.1) is 0 Å². The van der Waals surface area contributed by atoms with Crippen LogP contribution < -0.4 is 15.2 Å². The number of carboxylic acids is 1. The van der Waals surface area contributed by atoms with E-state index in [1.165, 1.54) is 24.3 Å². The highest BCUT2D eigenvalue weighted by Gasteiger charge is 2.24. The lowest BCUT2D eigenvalue weighted by Gasteiger charge is -2.17. The highest BCUT2D eigenvalue weighted by molar-refractivity contribution is 6.10. The van der Waals surface area contributed by atoms with Crippen molar-refractivity contribution in [1.29, 1.82) is 0 Å². The molecule has 1 aliphatic heterocycles. The molecule has 0 saturated heterocycles. The molecule has 8 nitrogen and oxygen atoms in total. The van der Waals surface area contributed by atoms with E-state index in [-0.39, 0.29) is 16.7 Å². The minimum atomic E-state index is -1.09. The van der Waals surface area contributed by atoms with E-state index in [1.54, 1.807) is 24.3 Å². The van der Waals surface area contributed by atoms with Gasteiger partial charge < -0.3 is 24.4 Å². The van der Waals surface area contributed by atoms with Crippen molar-refractivity contribution in [2.24, 2.45) is 0 Å². The minimum Gasteiger partial charge on any atom is -0.508 e. The summed E-state index contributed by atoms with van der Waals surface area (Å²) < 4.78 is 12.5. The number of fused-ring (bicyclic) bond motifs is 4. The second-order valence-electron chi connectivity index (χ2n) is 13.1. The first-order chi connectivity index (χ1) is 24.5. The molecule has 0 radical (unpaired) electrons. The normalized spacial score (nSPS) is 11.5. The van der Waals surface area contributed by atoms with Crippen molar-refractivity contribution in [2.45, 2.75) is 0 Å². The molecular formula is C43H33N2O6+. The lowest BCUT2D eigenvalue weighted by molar-refractivity contribution is 0.0697. The van der Waals surface area contributed by atoms with E-state index >= 15 is 0 Å². The van der Waals surface area contributed by atoms with Crippen LogP contribution in [0.2, 0.25) is 0 Å². The van der Waals surface area contributed by atoms with E-state index in [9.17, 15) is 19.8 Å². The smallest absolute Gasteiger partial charge is 0.363 e. The van der Waals surface area contributed by atoms with Crippen molar-refractivity contribution in [3.63, 3.8) is 0 Å². The highest BCUT2D eigenvalue weighted by Crippen LogP contribution is 2.44. The van der Waals surface area contributed by atoms with Gasteiger partial charge in [0.25, 0.3) is 0 Å². The molecule has 0 saturated carbocycles. The molecule has 0 spiro atoms. The number of hydrogen-bond donors (Lipinski definition) is 2. The summed E-state index contributed by atoms with van der Waals surface area (Å²) in [5.74, 6) is -0.796. The molecule has 2 N–H and O–H groups in total. The van der Waals surface area contributed by atoms with Gasteiger partial charge in [0.2, 0.25) is 0 Å². The van der Waals surface area contributed by atoms with Crippen molar-refractivity contribution in [3.05, 3.63) is 131 Å². The third kappa shape index (κ3) is 5.47. The molecule has 1 aliphatic carbocycles. The second-order valence-corrected chi connectivity index (χ2v) is 13.1. The average Bonchev–Trinajstić information content (AvgIpc) is 3.12. The van der Waals surface area contributed by atoms with Gasteiger partial charge in [-0.2, -0.15) is 0 Å². The van der Waals surface area contributed by atoms with Gasteiger partial charge >= 0.3 is 17.1 Å². The molecule has 6 aromatic rings. The predicted molar refractivity (Wildman–Crippen MR) is 204 cm³/mol. The molecule has 0 unspecified atom stereocenters. The number of anilines is 2. The molecular weight excluding hydrogens is 640 g/mol. The van der Waals surface area contributed by atoms with Gasteiger partial charge in [0, 0.05) is 73.8 Å². The van der Waals surface area contributed by atoms with Crippen molar-refractivity contribution >= 4 is 50.3 Å². The van der Waals surface area contributed by atoms with Crippen molar-refractivity contribution in [3.8, 4) is 50.5 Å². The Bertz CT molecular complexity index is 2650. The molecule has 0 bridgehead atoms. The van der Waals surface area contributed by atoms with E-state index < -0.39 is 5.97 Å². The first-order valence-corrected chi connectivity index (χ1v) is 16.4. The molecule has 0 fully saturated rings. The third-order valence-corrected chi connectivity index (χ3v) is 9.42. The van der Waals surface area contributed by atoms with Crippen LogP contribution in [0.3, 0.4) is 0 Å². The number of benzene rings is 6. The average molecular weight is 674 g/mol. The molecule has 2 heterocycles. The van der Waals surface area contributed by atoms with Gasteiger partial charge in [-0.25, -0.2) is 9.21 Å². The van der Waals surface area contributed by atoms with E-state index in [4.69, 9.17) is 8.83 Å². The molecule has 51 heavy (non-hydrogen) atoms. The molecule has 1 aromatic heterocycles. The maximum atomic E-state index is 12.9. The maximum Gasteiger partial charge on any atom is 0.363 e. The fourth-order valence-electron chi connectivity index (χ4n) is 6.83. The summed E-state index contributed by atoms with van der Waals surface area (Å²) in [6.45, 7) is 0. The van der Waals surface area contributed by atoms with Crippen LogP contribution >= 0.6 is 0 Å². The zero-order valence-electron chi connectivity index (χ0n) is 28.4. The Morgan fingerprint density at radius 3 is 1.82 bits per heavy atom. The van der Waals surface area contributed by atoms with Gasteiger partial charge in [0.05, 0.1) is 28.5 Å². The largest absolute Gasteiger partial charge is 0.508 e. The summed E-state index contributed by atoms with van der Waals surface area (Å²) in [4.78, 5) is 29.2. The first-order valence-electron chi connectivity index (χ1n) is 16.4. The zero-order chi connectivity index (χ0) is 35.6. The summed E-state index contributed by atoms with van der Waals surface area (Å²) in [5, 5.41) is 23.3. The number of aromatic hydroxyl groups is 1. The van der Waals surface area contributed by atoms with Crippen molar-refractivity contribution in [1.82, 2.24) is 0 Å². The van der Waals surface area contributed by atoms with Crippen molar-refractivity contribution < 1.29 is 23.8 Å². The summed E-state index contributed by atoms with van der Waals surface area (Å²) in [6.07, 6.45) is 0. The number of carbonyl (C=O) groups is 1. The van der Waals surface area contributed by atoms with E-state index in [2.05, 4.69) is 48.5 Å². The Morgan fingerprint density at radius 2 is 1.20 bits per heavy atom. The summed E-state index contributed by atoms with van der Waals surface area (Å²) in [6, 6.07) is 35.1. The van der Waals surface area contributed by atoms with Crippen LogP contribution in [0, 0.1) is 0 Å². The third-order valence-electron chi connectivity index (χ3n) is 9.42. The van der Waals surface area contributed by atoms with Crippen LogP contribution in [-0.4, -0.2) is 44.4 Å². The van der Waals surface area contributed by atoms with Gasteiger partial charge in [-0.1, -0.05) is 36.4 Å². The Hall–Kier alpha value is -6.67. The van der Waals surface area contributed by atoms with E-state index in [1.807, 2.05) is 56.2 Å². The summed E-state index contributed by atoms with van der Waals surface area (Å²) in [5.41, 5.74) is 9.13. The van der Waals surface area contributed by atoms with Crippen LogP contribution in [-0.2, 0) is 0 Å². The molecule has 0 amide bonds. The van der Waals surface area contributed by atoms with Crippen LogP contribution in [0.4, 0.5) is 11.4 Å². The molecule has 8 rings (SSSR count). The topological polar surface area (TPSA) is 106 Å². The van der Waals surface area contributed by atoms with Gasteiger partial charge in [-0.05, 0) is 76.9 Å².